The van der Waals surface area contributed by atoms with Crippen LogP contribution in [0.15, 0.2) is 23.1 Å². The average Bonchev–Trinajstić information content (AvgIpc) is 3.30. The maximum Gasteiger partial charge on any atom is 0.243 e. The highest BCUT2D eigenvalue weighted by Gasteiger charge is 2.26. The maximum atomic E-state index is 5.39. The molecule has 0 unspecified atom stereocenters. The van der Waals surface area contributed by atoms with E-state index in [2.05, 4.69) is 41.8 Å². The molecule has 4 heterocycles. The molecule has 24 heavy (non-hydrogen) atoms. The van der Waals surface area contributed by atoms with E-state index in [9.17, 15) is 0 Å². The predicted molar refractivity (Wildman–Crippen MR) is 89.8 cm³/mol. The minimum absolute atomic E-state index is 0.137. The fraction of sp³-hybridized carbons (Fsp3) is 0.500. The van der Waals surface area contributed by atoms with Crippen LogP contribution < -0.4 is 4.90 Å². The topological polar surface area (TPSA) is 87.0 Å². The highest BCUT2D eigenvalue weighted by Crippen LogP contribution is 2.25. The van der Waals surface area contributed by atoms with Crippen LogP contribution in [0.3, 0.4) is 0 Å². The first-order valence-electron chi connectivity index (χ1n) is 8.36. The summed E-state index contributed by atoms with van der Waals surface area (Å²) >= 11 is 0. The van der Waals surface area contributed by atoms with Crippen LogP contribution in [0.25, 0.3) is 11.0 Å². The van der Waals surface area contributed by atoms with E-state index in [1.54, 1.807) is 6.33 Å². The summed E-state index contributed by atoms with van der Waals surface area (Å²) in [5.74, 6) is 2.47. The standard InChI is InChI=1S/C16H21N7O/c1-3-13-20-16(24-21-13)11(2)22-6-8-23(9-7-22)15-12-4-5-17-14(12)18-10-19-15/h4-5,10-11H,3,6-9H2,1-2H3,(H,17,18,19)/t11-/m1/s1. The lowest BCUT2D eigenvalue weighted by molar-refractivity contribution is 0.164. The van der Waals surface area contributed by atoms with Gasteiger partial charge in [0.05, 0.1) is 11.4 Å². The van der Waals surface area contributed by atoms with Gasteiger partial charge in [-0.3, -0.25) is 4.90 Å². The first kappa shape index (κ1) is 15.1. The Morgan fingerprint density at radius 1 is 1.25 bits per heavy atom. The lowest BCUT2D eigenvalue weighted by Crippen LogP contribution is -2.47. The van der Waals surface area contributed by atoms with E-state index in [1.165, 1.54) is 0 Å². The molecule has 8 heteroatoms. The Morgan fingerprint density at radius 3 is 2.83 bits per heavy atom. The molecule has 0 spiro atoms. The second-order valence-electron chi connectivity index (χ2n) is 6.04. The van der Waals surface area contributed by atoms with Gasteiger partial charge in [0.1, 0.15) is 17.8 Å². The van der Waals surface area contributed by atoms with Crippen molar-refractivity contribution in [1.29, 1.82) is 0 Å². The minimum atomic E-state index is 0.137. The number of rotatable bonds is 4. The molecule has 1 aliphatic rings. The highest BCUT2D eigenvalue weighted by atomic mass is 16.5. The molecule has 0 radical (unpaired) electrons. The molecule has 3 aromatic rings. The van der Waals surface area contributed by atoms with Gasteiger partial charge in [-0.1, -0.05) is 12.1 Å². The zero-order valence-electron chi connectivity index (χ0n) is 13.9. The van der Waals surface area contributed by atoms with Crippen LogP contribution in [0.5, 0.6) is 0 Å². The van der Waals surface area contributed by atoms with E-state index in [0.717, 1.165) is 55.3 Å². The van der Waals surface area contributed by atoms with Gasteiger partial charge < -0.3 is 14.4 Å². The van der Waals surface area contributed by atoms with Crippen LogP contribution in [0, 0.1) is 0 Å². The van der Waals surface area contributed by atoms with E-state index < -0.39 is 0 Å². The Kier molecular flexibility index (Phi) is 3.89. The van der Waals surface area contributed by atoms with Gasteiger partial charge in [-0.05, 0) is 13.0 Å². The van der Waals surface area contributed by atoms with Crippen LogP contribution >= 0.6 is 0 Å². The molecule has 4 rings (SSSR count). The lowest BCUT2D eigenvalue weighted by atomic mass is 10.2. The quantitative estimate of drug-likeness (QED) is 0.781. The number of fused-ring (bicyclic) bond motifs is 1. The van der Waals surface area contributed by atoms with Crippen molar-refractivity contribution in [3.8, 4) is 0 Å². The molecule has 8 nitrogen and oxygen atoms in total. The molecule has 1 atom stereocenters. The lowest BCUT2D eigenvalue weighted by Gasteiger charge is -2.37. The SMILES string of the molecule is CCc1noc([C@@H](C)N2CCN(c3ncnc4[nH]ccc34)CC2)n1. The van der Waals surface area contributed by atoms with Gasteiger partial charge in [-0.15, -0.1) is 0 Å². The summed E-state index contributed by atoms with van der Waals surface area (Å²) in [6.07, 6.45) is 4.32. The summed E-state index contributed by atoms with van der Waals surface area (Å²) < 4.78 is 5.39. The van der Waals surface area contributed by atoms with Crippen molar-refractivity contribution >= 4 is 16.9 Å². The second kappa shape index (κ2) is 6.20. The smallest absolute Gasteiger partial charge is 0.243 e. The number of H-pyrrole nitrogens is 1. The number of hydrogen-bond acceptors (Lipinski definition) is 7. The molecule has 3 aromatic heterocycles. The summed E-state index contributed by atoms with van der Waals surface area (Å²) in [4.78, 5) is 21.0. The Morgan fingerprint density at radius 2 is 2.08 bits per heavy atom. The third-order valence-electron chi connectivity index (χ3n) is 4.65. The molecule has 1 saturated heterocycles. The molecule has 1 N–H and O–H groups in total. The number of nitrogens with one attached hydrogen (secondary N) is 1. The molecule has 126 valence electrons. The Balaban J connectivity index is 1.45. The van der Waals surface area contributed by atoms with Crippen molar-refractivity contribution in [2.24, 2.45) is 0 Å². The predicted octanol–water partition coefficient (Wildman–Crippen LogP) is 1.79. The monoisotopic (exact) mass is 327 g/mol. The highest BCUT2D eigenvalue weighted by molar-refractivity contribution is 5.87. The van der Waals surface area contributed by atoms with Gasteiger partial charge in [-0.25, -0.2) is 9.97 Å². The van der Waals surface area contributed by atoms with Gasteiger partial charge in [0.25, 0.3) is 0 Å². The molecular weight excluding hydrogens is 306 g/mol. The third-order valence-corrected chi connectivity index (χ3v) is 4.65. The summed E-state index contributed by atoms with van der Waals surface area (Å²) in [5.41, 5.74) is 0.883. The molecular formula is C16H21N7O. The van der Waals surface area contributed by atoms with Crippen molar-refractivity contribution in [3.05, 3.63) is 30.3 Å². The second-order valence-corrected chi connectivity index (χ2v) is 6.04. The normalized spacial score (nSPS) is 17.5. The fourth-order valence-electron chi connectivity index (χ4n) is 3.17. The Hall–Kier alpha value is -2.48. The van der Waals surface area contributed by atoms with Gasteiger partial charge in [-0.2, -0.15) is 4.98 Å². The molecule has 0 amide bonds. The molecule has 0 aliphatic carbocycles. The molecule has 1 aliphatic heterocycles. The Bertz CT molecular complexity index is 819. The number of aryl methyl sites for hydroxylation is 1. The molecule has 0 bridgehead atoms. The minimum Gasteiger partial charge on any atom is -0.353 e. The number of nitrogens with zero attached hydrogens (tertiary/aromatic N) is 6. The van der Waals surface area contributed by atoms with E-state index in [0.29, 0.717) is 5.89 Å². The zero-order chi connectivity index (χ0) is 16.5. The van der Waals surface area contributed by atoms with Gasteiger partial charge >= 0.3 is 0 Å². The van der Waals surface area contributed by atoms with Crippen LogP contribution in [0.1, 0.15) is 31.6 Å². The molecule has 0 aromatic carbocycles. The van der Waals surface area contributed by atoms with Crippen molar-refractivity contribution in [3.63, 3.8) is 0 Å². The van der Waals surface area contributed by atoms with E-state index in [1.807, 2.05) is 19.2 Å². The first-order chi connectivity index (χ1) is 11.8. The number of hydrogen-bond donors (Lipinski definition) is 1. The van der Waals surface area contributed by atoms with Crippen LogP contribution in [0.4, 0.5) is 5.82 Å². The summed E-state index contributed by atoms with van der Waals surface area (Å²) in [6.45, 7) is 7.84. The fourth-order valence-corrected chi connectivity index (χ4v) is 3.17. The zero-order valence-corrected chi connectivity index (χ0v) is 13.9. The van der Waals surface area contributed by atoms with Crippen molar-refractivity contribution in [1.82, 2.24) is 30.0 Å². The largest absolute Gasteiger partial charge is 0.353 e. The van der Waals surface area contributed by atoms with Crippen LogP contribution in [-0.4, -0.2) is 56.2 Å². The maximum absolute atomic E-state index is 5.39. The summed E-state index contributed by atoms with van der Waals surface area (Å²) in [7, 11) is 0. The third kappa shape index (κ3) is 2.62. The van der Waals surface area contributed by atoms with Crippen molar-refractivity contribution < 1.29 is 4.52 Å². The first-order valence-corrected chi connectivity index (χ1v) is 8.36. The van der Waals surface area contributed by atoms with Crippen LogP contribution in [-0.2, 0) is 6.42 Å². The summed E-state index contributed by atoms with van der Waals surface area (Å²) in [6, 6.07) is 2.17. The van der Waals surface area contributed by atoms with Crippen molar-refractivity contribution in [2.45, 2.75) is 26.3 Å². The number of aromatic amines is 1. The number of aromatic nitrogens is 5. The van der Waals surface area contributed by atoms with E-state index >= 15 is 0 Å². The average molecular weight is 327 g/mol. The van der Waals surface area contributed by atoms with E-state index in [4.69, 9.17) is 4.52 Å². The molecule has 0 saturated carbocycles. The molecule has 1 fully saturated rings. The van der Waals surface area contributed by atoms with Gasteiger partial charge in [0.15, 0.2) is 5.82 Å². The van der Waals surface area contributed by atoms with E-state index in [-0.39, 0.29) is 6.04 Å². The number of anilines is 1. The van der Waals surface area contributed by atoms with Crippen molar-refractivity contribution in [2.75, 3.05) is 31.1 Å². The Labute approximate surface area is 139 Å². The van der Waals surface area contributed by atoms with Crippen LogP contribution in [0.2, 0.25) is 0 Å². The van der Waals surface area contributed by atoms with Gasteiger partial charge in [0.2, 0.25) is 5.89 Å². The number of piperazine rings is 1. The summed E-state index contributed by atoms with van der Waals surface area (Å²) in [5, 5.41) is 5.07. The van der Waals surface area contributed by atoms with Gasteiger partial charge in [0, 0.05) is 38.8 Å².